The predicted octanol–water partition coefficient (Wildman–Crippen LogP) is 2.99. The lowest BCUT2D eigenvalue weighted by Crippen LogP contribution is -2.20. The summed E-state index contributed by atoms with van der Waals surface area (Å²) in [6.45, 7) is 0. The van der Waals surface area contributed by atoms with Crippen LogP contribution in [0, 0.1) is 17.5 Å². The summed E-state index contributed by atoms with van der Waals surface area (Å²) in [5.41, 5.74) is 0.313. The molecule has 2 rings (SSSR count). The minimum absolute atomic E-state index is 0.0110. The molecule has 0 saturated carbocycles. The Hall–Kier alpha value is -2.15. The maximum atomic E-state index is 13.4. The molecule has 0 radical (unpaired) electrons. The second-order valence-electron chi connectivity index (χ2n) is 4.53. The van der Waals surface area contributed by atoms with Gasteiger partial charge in [0.2, 0.25) is 5.91 Å². The number of carbonyl (C=O) groups excluding carboxylic acids is 1. The lowest BCUT2D eigenvalue weighted by atomic mass is 10.2. The number of hydrogen-bond acceptors (Lipinski definition) is 2. The molecule has 0 aliphatic rings. The molecule has 0 aliphatic heterocycles. The largest absolute Gasteiger partial charge is 0.323 e. The van der Waals surface area contributed by atoms with E-state index in [1.165, 1.54) is 18.2 Å². The van der Waals surface area contributed by atoms with Crippen molar-refractivity contribution in [1.82, 2.24) is 0 Å². The van der Waals surface area contributed by atoms with E-state index in [4.69, 9.17) is 0 Å². The molecule has 0 unspecified atom stereocenters. The van der Waals surface area contributed by atoms with Gasteiger partial charge in [0.25, 0.3) is 0 Å². The highest BCUT2D eigenvalue weighted by Gasteiger charge is 2.12. The van der Waals surface area contributed by atoms with Crippen LogP contribution in [0.3, 0.4) is 0 Å². The number of anilines is 1. The van der Waals surface area contributed by atoms with Crippen molar-refractivity contribution in [2.24, 2.45) is 0 Å². The number of carbonyl (C=O) groups is 1. The molecular formula is C15H12F3NO2S. The number of hydrogen-bond donors (Lipinski definition) is 1. The van der Waals surface area contributed by atoms with Gasteiger partial charge in [0.15, 0.2) is 0 Å². The molecule has 0 bridgehead atoms. The van der Waals surface area contributed by atoms with Crippen molar-refractivity contribution in [1.29, 1.82) is 0 Å². The van der Waals surface area contributed by atoms with Gasteiger partial charge < -0.3 is 5.32 Å². The Balaban J connectivity index is 1.92. The predicted molar refractivity (Wildman–Crippen MR) is 78.1 cm³/mol. The topological polar surface area (TPSA) is 46.2 Å². The van der Waals surface area contributed by atoms with Crippen LogP contribution in [0.15, 0.2) is 42.5 Å². The van der Waals surface area contributed by atoms with Crippen LogP contribution in [0.5, 0.6) is 0 Å². The van der Waals surface area contributed by atoms with E-state index in [1.807, 2.05) is 0 Å². The van der Waals surface area contributed by atoms with Gasteiger partial charge in [0, 0.05) is 22.6 Å². The van der Waals surface area contributed by atoms with Gasteiger partial charge >= 0.3 is 0 Å². The fourth-order valence-corrected chi connectivity index (χ4v) is 2.81. The second-order valence-corrected chi connectivity index (χ2v) is 5.99. The van der Waals surface area contributed by atoms with Crippen LogP contribution in [0.25, 0.3) is 0 Å². The number of rotatable bonds is 5. The van der Waals surface area contributed by atoms with Gasteiger partial charge in [-0.1, -0.05) is 12.1 Å². The Labute approximate surface area is 127 Å². The second kappa shape index (κ2) is 7.22. The minimum atomic E-state index is -1.57. The molecule has 0 aromatic heterocycles. The highest BCUT2D eigenvalue weighted by Crippen LogP contribution is 2.15. The van der Waals surface area contributed by atoms with Crippen LogP contribution >= 0.6 is 0 Å². The standard InChI is InChI=1S/C15H12F3NO2S/c16-11-3-1-2-10(6-11)8-22(21)9-15(20)19-14-5-4-12(17)7-13(14)18/h1-7H,8-9H2,(H,19,20)/t22-/m0/s1. The Kier molecular flexibility index (Phi) is 5.32. The fraction of sp³-hybridized carbons (Fsp3) is 0.133. The zero-order valence-corrected chi connectivity index (χ0v) is 12.1. The van der Waals surface area contributed by atoms with Crippen molar-refractivity contribution in [3.63, 3.8) is 0 Å². The maximum Gasteiger partial charge on any atom is 0.237 e. The van der Waals surface area contributed by atoms with Gasteiger partial charge in [-0.15, -0.1) is 0 Å². The van der Waals surface area contributed by atoms with Crippen LogP contribution in [-0.4, -0.2) is 15.9 Å². The molecule has 0 spiro atoms. The average molecular weight is 327 g/mol. The van der Waals surface area contributed by atoms with Gasteiger partial charge in [-0.05, 0) is 29.8 Å². The molecule has 0 heterocycles. The van der Waals surface area contributed by atoms with Crippen LogP contribution in [-0.2, 0) is 21.3 Å². The molecule has 1 N–H and O–H groups in total. The molecule has 7 heteroatoms. The highest BCUT2D eigenvalue weighted by molar-refractivity contribution is 7.84. The Morgan fingerprint density at radius 3 is 2.45 bits per heavy atom. The van der Waals surface area contributed by atoms with Crippen molar-refractivity contribution in [2.75, 3.05) is 11.1 Å². The first kappa shape index (κ1) is 16.2. The Morgan fingerprint density at radius 1 is 1.05 bits per heavy atom. The molecule has 0 saturated heterocycles. The van der Waals surface area contributed by atoms with Gasteiger partial charge in [0.1, 0.15) is 23.2 Å². The van der Waals surface area contributed by atoms with E-state index in [0.717, 1.165) is 12.1 Å². The van der Waals surface area contributed by atoms with Crippen LogP contribution in [0.2, 0.25) is 0 Å². The summed E-state index contributed by atoms with van der Waals surface area (Å²) in [7, 11) is -1.57. The molecule has 0 fully saturated rings. The SMILES string of the molecule is O=C(C[S@@](=O)Cc1cccc(F)c1)Nc1ccc(F)cc1F. The smallest absolute Gasteiger partial charge is 0.237 e. The summed E-state index contributed by atoms with van der Waals surface area (Å²) in [6.07, 6.45) is 0. The van der Waals surface area contributed by atoms with Crippen molar-refractivity contribution in [3.05, 3.63) is 65.5 Å². The third-order valence-electron chi connectivity index (χ3n) is 2.71. The number of halogens is 3. The van der Waals surface area contributed by atoms with E-state index >= 15 is 0 Å². The first-order valence-corrected chi connectivity index (χ1v) is 7.77. The normalized spacial score (nSPS) is 12.0. The summed E-state index contributed by atoms with van der Waals surface area (Å²) < 4.78 is 50.9. The van der Waals surface area contributed by atoms with Crippen molar-refractivity contribution in [2.45, 2.75) is 5.75 Å². The molecule has 1 atom stereocenters. The summed E-state index contributed by atoms with van der Waals surface area (Å²) in [6, 6.07) is 8.29. The number of amides is 1. The van der Waals surface area contributed by atoms with E-state index in [0.29, 0.717) is 11.6 Å². The Morgan fingerprint density at radius 2 is 1.77 bits per heavy atom. The van der Waals surface area contributed by atoms with Crippen molar-refractivity contribution >= 4 is 22.4 Å². The van der Waals surface area contributed by atoms with E-state index in [2.05, 4.69) is 5.32 Å². The summed E-state index contributed by atoms with van der Waals surface area (Å²) >= 11 is 0. The van der Waals surface area contributed by atoms with E-state index < -0.39 is 34.2 Å². The van der Waals surface area contributed by atoms with E-state index in [1.54, 1.807) is 6.07 Å². The van der Waals surface area contributed by atoms with Crippen LogP contribution < -0.4 is 5.32 Å². The highest BCUT2D eigenvalue weighted by atomic mass is 32.2. The summed E-state index contributed by atoms with van der Waals surface area (Å²) in [4.78, 5) is 11.7. The maximum absolute atomic E-state index is 13.4. The summed E-state index contributed by atoms with van der Waals surface area (Å²) in [5.74, 6) is -3.15. The third-order valence-corrected chi connectivity index (χ3v) is 3.95. The quantitative estimate of drug-likeness (QED) is 0.918. The van der Waals surface area contributed by atoms with E-state index in [-0.39, 0.29) is 17.2 Å². The molecule has 2 aromatic rings. The van der Waals surface area contributed by atoms with Crippen molar-refractivity contribution < 1.29 is 22.2 Å². The minimum Gasteiger partial charge on any atom is -0.323 e. The zero-order valence-electron chi connectivity index (χ0n) is 11.3. The fourth-order valence-electron chi connectivity index (χ4n) is 1.79. The number of benzene rings is 2. The first-order chi connectivity index (χ1) is 10.4. The molecule has 2 aromatic carbocycles. The molecule has 22 heavy (non-hydrogen) atoms. The molecule has 0 aliphatic carbocycles. The molecule has 3 nitrogen and oxygen atoms in total. The first-order valence-electron chi connectivity index (χ1n) is 6.28. The average Bonchev–Trinajstić information content (AvgIpc) is 2.41. The monoisotopic (exact) mass is 327 g/mol. The van der Waals surface area contributed by atoms with Gasteiger partial charge in [-0.3, -0.25) is 9.00 Å². The van der Waals surface area contributed by atoms with Crippen LogP contribution in [0.4, 0.5) is 18.9 Å². The van der Waals surface area contributed by atoms with Crippen molar-refractivity contribution in [3.8, 4) is 0 Å². The lowest BCUT2D eigenvalue weighted by Gasteiger charge is -2.07. The lowest BCUT2D eigenvalue weighted by molar-refractivity contribution is -0.113. The van der Waals surface area contributed by atoms with Crippen LogP contribution in [0.1, 0.15) is 5.56 Å². The van der Waals surface area contributed by atoms with Gasteiger partial charge in [-0.2, -0.15) is 0 Å². The summed E-state index contributed by atoms with van der Waals surface area (Å²) in [5, 5.41) is 2.22. The molecule has 116 valence electrons. The Bertz CT molecular complexity index is 722. The van der Waals surface area contributed by atoms with E-state index in [9.17, 15) is 22.2 Å². The third kappa shape index (κ3) is 4.70. The van der Waals surface area contributed by atoms with Gasteiger partial charge in [-0.25, -0.2) is 13.2 Å². The number of nitrogens with one attached hydrogen (secondary N) is 1. The molecule has 1 amide bonds. The zero-order chi connectivity index (χ0) is 16.1. The molecular weight excluding hydrogens is 315 g/mol. The van der Waals surface area contributed by atoms with Gasteiger partial charge in [0.05, 0.1) is 5.69 Å².